The molecule has 6 heteroatoms. The van der Waals surface area contributed by atoms with Gasteiger partial charge < -0.3 is 0 Å². The number of hydrogen-bond acceptors (Lipinski definition) is 4. The number of piperidine rings is 1. The third kappa shape index (κ3) is 1.81. The molecule has 1 fully saturated rings. The maximum Gasteiger partial charge on any atom is 0.259 e. The highest BCUT2D eigenvalue weighted by Crippen LogP contribution is 2.40. The molecule has 0 bridgehead atoms. The van der Waals surface area contributed by atoms with Crippen molar-refractivity contribution < 1.29 is 19.2 Å². The normalized spacial score (nSPS) is 20.1. The molecule has 0 saturated carbocycles. The molecule has 3 amide bonds. The molecule has 1 N–H and O–H groups in total. The van der Waals surface area contributed by atoms with Gasteiger partial charge in [-0.1, -0.05) is 12.1 Å². The zero-order chi connectivity index (χ0) is 16.1. The lowest BCUT2D eigenvalue weighted by Gasteiger charge is -2.30. The first-order chi connectivity index (χ1) is 11.1. The number of imide groups is 1. The average molecular weight is 308 g/mol. The van der Waals surface area contributed by atoms with E-state index >= 15 is 0 Å². The molecule has 2 aliphatic rings. The molecule has 1 saturated heterocycles. The van der Waals surface area contributed by atoms with E-state index in [0.717, 1.165) is 6.29 Å². The van der Waals surface area contributed by atoms with Crippen molar-refractivity contribution in [2.75, 3.05) is 4.90 Å². The Kier molecular flexibility index (Phi) is 2.81. The van der Waals surface area contributed by atoms with Crippen molar-refractivity contribution in [2.24, 2.45) is 0 Å². The van der Waals surface area contributed by atoms with Gasteiger partial charge in [0.1, 0.15) is 6.04 Å². The first-order valence-electron chi connectivity index (χ1n) is 7.30. The van der Waals surface area contributed by atoms with Gasteiger partial charge in [-0.15, -0.1) is 0 Å². The summed E-state index contributed by atoms with van der Waals surface area (Å²) in [6.45, 7) is 0. The third-order valence-electron chi connectivity index (χ3n) is 4.41. The Morgan fingerprint density at radius 2 is 1.96 bits per heavy atom. The van der Waals surface area contributed by atoms with Crippen LogP contribution in [0.5, 0.6) is 0 Å². The summed E-state index contributed by atoms with van der Waals surface area (Å²) in [6, 6.07) is 7.82. The molecule has 0 aliphatic carbocycles. The van der Waals surface area contributed by atoms with Gasteiger partial charge in [-0.2, -0.15) is 0 Å². The molecule has 4 rings (SSSR count). The van der Waals surface area contributed by atoms with Gasteiger partial charge in [0, 0.05) is 22.9 Å². The molecule has 2 aliphatic heterocycles. The Labute approximate surface area is 131 Å². The van der Waals surface area contributed by atoms with Gasteiger partial charge >= 0.3 is 0 Å². The van der Waals surface area contributed by atoms with Crippen molar-refractivity contribution in [1.82, 2.24) is 5.32 Å². The number of rotatable bonds is 2. The zero-order valence-corrected chi connectivity index (χ0v) is 12.0. The first kappa shape index (κ1) is 13.6. The van der Waals surface area contributed by atoms with Crippen LogP contribution in [0.25, 0.3) is 10.8 Å². The Bertz CT molecular complexity index is 903. The van der Waals surface area contributed by atoms with Crippen LogP contribution in [0.2, 0.25) is 0 Å². The van der Waals surface area contributed by atoms with Crippen LogP contribution in [0.15, 0.2) is 30.3 Å². The minimum absolute atomic E-state index is 0.200. The van der Waals surface area contributed by atoms with Gasteiger partial charge in [0.05, 0.1) is 5.69 Å². The minimum atomic E-state index is -0.710. The van der Waals surface area contributed by atoms with Gasteiger partial charge in [-0.25, -0.2) is 0 Å². The Hall–Kier alpha value is -3.02. The highest BCUT2D eigenvalue weighted by molar-refractivity contribution is 6.28. The lowest BCUT2D eigenvalue weighted by atomic mass is 10.0. The predicted octanol–water partition coefficient (Wildman–Crippen LogP) is 1.42. The summed E-state index contributed by atoms with van der Waals surface area (Å²) in [6.07, 6.45) is 1.25. The Morgan fingerprint density at radius 1 is 1.13 bits per heavy atom. The van der Waals surface area contributed by atoms with Crippen molar-refractivity contribution >= 4 is 40.5 Å². The van der Waals surface area contributed by atoms with Crippen LogP contribution < -0.4 is 10.2 Å². The number of carbonyl (C=O) groups is 4. The lowest BCUT2D eigenvalue weighted by Crippen LogP contribution is -2.53. The molecule has 0 aromatic heterocycles. The molecule has 2 aromatic carbocycles. The highest BCUT2D eigenvalue weighted by atomic mass is 16.2. The van der Waals surface area contributed by atoms with Crippen LogP contribution in [0.1, 0.15) is 33.6 Å². The summed E-state index contributed by atoms with van der Waals surface area (Å²) >= 11 is 0. The number of aldehydes is 1. The van der Waals surface area contributed by atoms with Crippen LogP contribution in [0.3, 0.4) is 0 Å². The molecule has 0 radical (unpaired) electrons. The molecular formula is C17H12N2O4. The quantitative estimate of drug-likeness (QED) is 0.672. The molecule has 23 heavy (non-hydrogen) atoms. The fraction of sp³-hybridized carbons (Fsp3) is 0.176. The summed E-state index contributed by atoms with van der Waals surface area (Å²) in [7, 11) is 0. The van der Waals surface area contributed by atoms with E-state index in [1.165, 1.54) is 4.90 Å². The maximum absolute atomic E-state index is 12.8. The van der Waals surface area contributed by atoms with Crippen molar-refractivity contribution in [3.8, 4) is 0 Å². The van der Waals surface area contributed by atoms with E-state index in [1.54, 1.807) is 30.3 Å². The van der Waals surface area contributed by atoms with Crippen molar-refractivity contribution in [3.05, 3.63) is 41.5 Å². The monoisotopic (exact) mass is 308 g/mol. The van der Waals surface area contributed by atoms with E-state index in [0.29, 0.717) is 34.0 Å². The van der Waals surface area contributed by atoms with Gasteiger partial charge in [0.25, 0.3) is 5.91 Å². The van der Waals surface area contributed by atoms with Gasteiger partial charge in [-0.05, 0) is 30.0 Å². The highest BCUT2D eigenvalue weighted by Gasteiger charge is 2.40. The van der Waals surface area contributed by atoms with E-state index in [2.05, 4.69) is 5.32 Å². The van der Waals surface area contributed by atoms with E-state index in [9.17, 15) is 19.2 Å². The van der Waals surface area contributed by atoms with Gasteiger partial charge in [0.2, 0.25) is 11.8 Å². The van der Waals surface area contributed by atoms with Gasteiger partial charge in [-0.3, -0.25) is 29.4 Å². The molecule has 2 heterocycles. The van der Waals surface area contributed by atoms with E-state index in [1.807, 2.05) is 0 Å². The number of carbonyl (C=O) groups excluding carboxylic acids is 4. The van der Waals surface area contributed by atoms with Crippen molar-refractivity contribution in [1.29, 1.82) is 0 Å². The van der Waals surface area contributed by atoms with Crippen molar-refractivity contribution in [2.45, 2.75) is 18.9 Å². The second-order valence-corrected chi connectivity index (χ2v) is 5.66. The number of nitrogens with zero attached hydrogens (tertiary/aromatic N) is 1. The number of hydrogen-bond donors (Lipinski definition) is 1. The van der Waals surface area contributed by atoms with E-state index < -0.39 is 11.9 Å². The summed E-state index contributed by atoms with van der Waals surface area (Å²) in [4.78, 5) is 48.9. The number of anilines is 1. The topological polar surface area (TPSA) is 83.6 Å². The second kappa shape index (κ2) is 4.74. The summed E-state index contributed by atoms with van der Waals surface area (Å²) < 4.78 is 0. The molecule has 114 valence electrons. The fourth-order valence-corrected chi connectivity index (χ4v) is 3.37. The summed E-state index contributed by atoms with van der Waals surface area (Å²) in [5.41, 5.74) is 1.59. The molecule has 1 unspecified atom stereocenters. The number of amides is 3. The second-order valence-electron chi connectivity index (χ2n) is 5.66. The smallest absolute Gasteiger partial charge is 0.259 e. The minimum Gasteiger partial charge on any atom is -0.298 e. The first-order valence-corrected chi connectivity index (χ1v) is 7.30. The largest absolute Gasteiger partial charge is 0.298 e. The van der Waals surface area contributed by atoms with Crippen LogP contribution >= 0.6 is 0 Å². The maximum atomic E-state index is 12.8. The average Bonchev–Trinajstić information content (AvgIpc) is 2.83. The SMILES string of the molecule is O=Cc1ccc2c3c(cccc13)C(=O)N2C1CCC(=O)NC1=O. The molecule has 0 spiro atoms. The zero-order valence-electron chi connectivity index (χ0n) is 12.0. The third-order valence-corrected chi connectivity index (χ3v) is 4.41. The number of nitrogens with one attached hydrogen (secondary N) is 1. The van der Waals surface area contributed by atoms with Crippen LogP contribution in [-0.2, 0) is 9.59 Å². The van der Waals surface area contributed by atoms with E-state index in [4.69, 9.17) is 0 Å². The van der Waals surface area contributed by atoms with Crippen LogP contribution in [0.4, 0.5) is 5.69 Å². The molecule has 2 aromatic rings. The van der Waals surface area contributed by atoms with Crippen molar-refractivity contribution in [3.63, 3.8) is 0 Å². The van der Waals surface area contributed by atoms with Gasteiger partial charge in [0.15, 0.2) is 6.29 Å². The summed E-state index contributed by atoms with van der Waals surface area (Å²) in [5.74, 6) is -1.06. The predicted molar refractivity (Wildman–Crippen MR) is 82.3 cm³/mol. The van der Waals surface area contributed by atoms with Crippen LogP contribution in [0, 0.1) is 0 Å². The molecule has 6 nitrogen and oxygen atoms in total. The van der Waals surface area contributed by atoms with E-state index in [-0.39, 0.29) is 18.2 Å². The standard InChI is InChI=1S/C17H12N2O4/c20-8-9-4-5-12-15-10(9)2-1-3-11(15)17(23)19(12)13-6-7-14(21)18-16(13)22/h1-5,8,13H,6-7H2,(H,18,21,22). The fourth-order valence-electron chi connectivity index (χ4n) is 3.37. The number of benzene rings is 2. The Balaban J connectivity index is 1.90. The molecular weight excluding hydrogens is 296 g/mol. The molecule has 1 atom stereocenters. The lowest BCUT2D eigenvalue weighted by molar-refractivity contribution is -0.134. The Morgan fingerprint density at radius 3 is 2.70 bits per heavy atom. The summed E-state index contributed by atoms with van der Waals surface area (Å²) in [5, 5.41) is 3.66. The van der Waals surface area contributed by atoms with Crippen LogP contribution in [-0.4, -0.2) is 30.0 Å².